The van der Waals surface area contributed by atoms with Gasteiger partial charge in [-0.05, 0) is 24.5 Å². The number of aromatic nitrogens is 3. The highest BCUT2D eigenvalue weighted by atomic mass is 35.5. The molecule has 3 nitrogen and oxygen atoms in total. The molecule has 0 radical (unpaired) electrons. The molecule has 0 spiro atoms. The molecule has 0 aliphatic carbocycles. The Hall–Kier alpha value is -1.06. The largest absolute Gasteiger partial charge is 0.310 e. The number of benzene rings is 1. The minimum Gasteiger partial charge on any atom is -0.310 e. The fourth-order valence-corrected chi connectivity index (χ4v) is 2.31. The first-order valence-corrected chi connectivity index (χ1v) is 7.18. The van der Waals surface area contributed by atoms with Gasteiger partial charge in [0.1, 0.15) is 5.82 Å². The third kappa shape index (κ3) is 3.10. The van der Waals surface area contributed by atoms with Crippen LogP contribution in [0.25, 0.3) is 11.4 Å². The van der Waals surface area contributed by atoms with Crippen molar-refractivity contribution in [2.75, 3.05) is 0 Å². The molecule has 1 aromatic carbocycles. The van der Waals surface area contributed by atoms with E-state index in [-0.39, 0.29) is 0 Å². The van der Waals surface area contributed by atoms with Crippen LogP contribution in [0.5, 0.6) is 0 Å². The molecular formula is C14H17Cl2N3. The first kappa shape index (κ1) is 14.4. The van der Waals surface area contributed by atoms with Crippen LogP contribution < -0.4 is 0 Å². The van der Waals surface area contributed by atoms with E-state index in [1.165, 1.54) is 0 Å². The van der Waals surface area contributed by atoms with Crippen molar-refractivity contribution >= 4 is 23.2 Å². The second kappa shape index (κ2) is 5.93. The monoisotopic (exact) mass is 297 g/mol. The minimum atomic E-state index is 0.360. The lowest BCUT2D eigenvalue weighted by Crippen LogP contribution is -2.09. The Morgan fingerprint density at radius 3 is 2.58 bits per heavy atom. The molecule has 0 saturated heterocycles. The number of aryl methyl sites for hydroxylation is 1. The summed E-state index contributed by atoms with van der Waals surface area (Å²) in [6.07, 6.45) is 0. The van der Waals surface area contributed by atoms with E-state index in [0.717, 1.165) is 34.3 Å². The molecule has 0 fully saturated rings. The molecule has 2 rings (SSSR count). The van der Waals surface area contributed by atoms with Crippen molar-refractivity contribution in [1.29, 1.82) is 0 Å². The predicted octanol–water partition coefficient (Wildman–Crippen LogP) is 4.30. The number of halogens is 2. The molecule has 0 aliphatic rings. The third-order valence-corrected chi connectivity index (χ3v) is 3.57. The van der Waals surface area contributed by atoms with Crippen LogP contribution in [0.15, 0.2) is 18.2 Å². The second-order valence-corrected chi connectivity index (χ2v) is 5.72. The maximum atomic E-state index is 6.18. The van der Waals surface area contributed by atoms with Gasteiger partial charge in [0.2, 0.25) is 0 Å². The summed E-state index contributed by atoms with van der Waals surface area (Å²) in [7, 11) is 0. The number of alkyl halides is 1. The van der Waals surface area contributed by atoms with E-state index in [4.69, 9.17) is 23.2 Å². The van der Waals surface area contributed by atoms with Crippen LogP contribution in [0.3, 0.4) is 0 Å². The van der Waals surface area contributed by atoms with E-state index in [1.54, 1.807) is 0 Å². The number of hydrogen-bond acceptors (Lipinski definition) is 2. The van der Waals surface area contributed by atoms with Crippen LogP contribution >= 0.6 is 23.2 Å². The average Bonchev–Trinajstić information content (AvgIpc) is 2.75. The Morgan fingerprint density at radius 1 is 1.26 bits per heavy atom. The molecule has 1 heterocycles. The quantitative estimate of drug-likeness (QED) is 0.788. The topological polar surface area (TPSA) is 30.7 Å². The molecule has 0 aliphatic heterocycles. The normalized spacial score (nSPS) is 11.3. The molecule has 0 unspecified atom stereocenters. The lowest BCUT2D eigenvalue weighted by atomic mass is 10.1. The van der Waals surface area contributed by atoms with Gasteiger partial charge in [0.15, 0.2) is 5.82 Å². The van der Waals surface area contributed by atoms with Crippen LogP contribution in [0.2, 0.25) is 5.02 Å². The lowest BCUT2D eigenvalue weighted by molar-refractivity contribution is 0.515. The smallest absolute Gasteiger partial charge is 0.164 e. The first-order chi connectivity index (χ1) is 9.02. The maximum absolute atomic E-state index is 6.18. The molecule has 0 saturated carbocycles. The highest BCUT2D eigenvalue weighted by Crippen LogP contribution is 2.25. The van der Waals surface area contributed by atoms with Crippen LogP contribution in [0.4, 0.5) is 0 Å². The molecule has 0 bridgehead atoms. The van der Waals surface area contributed by atoms with Crippen LogP contribution in [-0.4, -0.2) is 14.8 Å². The average molecular weight is 298 g/mol. The number of hydrogen-bond donors (Lipinski definition) is 0. The van der Waals surface area contributed by atoms with Gasteiger partial charge < -0.3 is 4.57 Å². The SMILES string of the molecule is Cc1ccc(-c2nnc(CCl)n2CC(C)C)cc1Cl. The summed E-state index contributed by atoms with van der Waals surface area (Å²) in [6, 6.07) is 5.93. The van der Waals surface area contributed by atoms with E-state index in [9.17, 15) is 0 Å². The van der Waals surface area contributed by atoms with Gasteiger partial charge in [-0.2, -0.15) is 0 Å². The third-order valence-electron chi connectivity index (χ3n) is 2.92. The number of rotatable bonds is 4. The zero-order valence-electron chi connectivity index (χ0n) is 11.3. The molecule has 0 N–H and O–H groups in total. The van der Waals surface area contributed by atoms with Crippen LogP contribution in [0, 0.1) is 12.8 Å². The minimum absolute atomic E-state index is 0.360. The van der Waals surface area contributed by atoms with Gasteiger partial charge in [-0.25, -0.2) is 0 Å². The van der Waals surface area contributed by atoms with E-state index >= 15 is 0 Å². The van der Waals surface area contributed by atoms with Crippen molar-refractivity contribution in [1.82, 2.24) is 14.8 Å². The van der Waals surface area contributed by atoms with Crippen molar-refractivity contribution < 1.29 is 0 Å². The van der Waals surface area contributed by atoms with E-state index in [0.29, 0.717) is 11.8 Å². The predicted molar refractivity (Wildman–Crippen MR) is 79.6 cm³/mol. The molecule has 0 atom stereocenters. The summed E-state index contributed by atoms with van der Waals surface area (Å²) < 4.78 is 2.07. The molecule has 0 amide bonds. The van der Waals surface area contributed by atoms with Crippen LogP contribution in [0.1, 0.15) is 25.2 Å². The summed E-state index contributed by atoms with van der Waals surface area (Å²) in [5.41, 5.74) is 2.03. The summed E-state index contributed by atoms with van der Waals surface area (Å²) in [6.45, 7) is 7.14. The van der Waals surface area contributed by atoms with Gasteiger partial charge in [-0.15, -0.1) is 21.8 Å². The van der Waals surface area contributed by atoms with Crippen molar-refractivity contribution in [3.63, 3.8) is 0 Å². The van der Waals surface area contributed by atoms with Gasteiger partial charge in [-0.1, -0.05) is 37.6 Å². The molecule has 2 aromatic rings. The van der Waals surface area contributed by atoms with E-state index < -0.39 is 0 Å². The Bertz CT molecular complexity index is 576. The van der Waals surface area contributed by atoms with Crippen molar-refractivity contribution in [2.24, 2.45) is 5.92 Å². The molecule has 102 valence electrons. The Kier molecular flexibility index (Phi) is 4.48. The van der Waals surface area contributed by atoms with Crippen LogP contribution in [-0.2, 0) is 12.4 Å². The highest BCUT2D eigenvalue weighted by molar-refractivity contribution is 6.31. The first-order valence-electron chi connectivity index (χ1n) is 6.27. The highest BCUT2D eigenvalue weighted by Gasteiger charge is 2.14. The summed E-state index contributed by atoms with van der Waals surface area (Å²) in [5.74, 6) is 2.48. The zero-order chi connectivity index (χ0) is 14.0. The fraction of sp³-hybridized carbons (Fsp3) is 0.429. The van der Waals surface area contributed by atoms with Gasteiger partial charge in [-0.3, -0.25) is 0 Å². The van der Waals surface area contributed by atoms with Crippen molar-refractivity contribution in [3.05, 3.63) is 34.6 Å². The van der Waals surface area contributed by atoms with Crippen molar-refractivity contribution in [2.45, 2.75) is 33.2 Å². The Labute approximate surface area is 123 Å². The standard InChI is InChI=1S/C14H17Cl2N3/c1-9(2)8-19-13(7-15)17-18-14(19)11-5-4-10(3)12(16)6-11/h4-6,9H,7-8H2,1-3H3. The lowest BCUT2D eigenvalue weighted by Gasteiger charge is -2.12. The van der Waals surface area contributed by atoms with E-state index in [2.05, 4.69) is 28.6 Å². The number of nitrogens with zero attached hydrogens (tertiary/aromatic N) is 3. The Balaban J connectivity index is 2.48. The second-order valence-electron chi connectivity index (χ2n) is 5.04. The molecule has 19 heavy (non-hydrogen) atoms. The fourth-order valence-electron chi connectivity index (χ4n) is 1.94. The van der Waals surface area contributed by atoms with Gasteiger partial charge in [0.25, 0.3) is 0 Å². The summed E-state index contributed by atoms with van der Waals surface area (Å²) in [4.78, 5) is 0. The van der Waals surface area contributed by atoms with Gasteiger partial charge >= 0.3 is 0 Å². The zero-order valence-corrected chi connectivity index (χ0v) is 12.8. The van der Waals surface area contributed by atoms with E-state index in [1.807, 2.05) is 25.1 Å². The molecular weight excluding hydrogens is 281 g/mol. The molecule has 5 heteroatoms. The van der Waals surface area contributed by atoms with Gasteiger partial charge in [0.05, 0.1) is 5.88 Å². The van der Waals surface area contributed by atoms with Crippen molar-refractivity contribution in [3.8, 4) is 11.4 Å². The summed E-state index contributed by atoms with van der Waals surface area (Å²) >= 11 is 12.1. The van der Waals surface area contributed by atoms with Gasteiger partial charge in [0, 0.05) is 17.1 Å². The Morgan fingerprint density at radius 2 is 2.00 bits per heavy atom. The maximum Gasteiger partial charge on any atom is 0.164 e. The molecule has 1 aromatic heterocycles. The summed E-state index contributed by atoms with van der Waals surface area (Å²) in [5, 5.41) is 9.14.